The molecule has 11 heteroatoms. The zero-order chi connectivity index (χ0) is 27.8. The van der Waals surface area contributed by atoms with E-state index in [1.165, 1.54) is 23.8 Å². The molecule has 0 bridgehead atoms. The number of carbonyl (C=O) groups is 2. The molecule has 0 radical (unpaired) electrons. The molecule has 0 saturated heterocycles. The second-order valence-corrected chi connectivity index (χ2v) is 9.01. The van der Waals surface area contributed by atoms with Gasteiger partial charge in [-0.05, 0) is 31.2 Å². The third-order valence-corrected chi connectivity index (χ3v) is 6.40. The van der Waals surface area contributed by atoms with Crippen molar-refractivity contribution in [1.82, 2.24) is 24.9 Å². The predicted molar refractivity (Wildman–Crippen MR) is 146 cm³/mol. The fraction of sp³-hybridized carbons (Fsp3) is 0.103. The average molecular weight is 536 g/mol. The number of para-hydroxylation sites is 1. The van der Waals surface area contributed by atoms with Crippen molar-refractivity contribution in [3.05, 3.63) is 107 Å². The Morgan fingerprint density at radius 3 is 2.60 bits per heavy atom. The SMILES string of the molecule is COc1ccc2nc(-c3ccc(C)nc3)c(C(=O)N[C@H]3N=C(c4ccccc4)c4cccc(F)c4NC3=O)n2n1. The molecule has 1 atom stereocenters. The highest BCUT2D eigenvalue weighted by atomic mass is 19.1. The second-order valence-electron chi connectivity index (χ2n) is 9.01. The van der Waals surface area contributed by atoms with E-state index in [-0.39, 0.29) is 17.3 Å². The van der Waals surface area contributed by atoms with Gasteiger partial charge in [0.05, 0.1) is 18.5 Å². The van der Waals surface area contributed by atoms with Crippen LogP contribution in [0.1, 0.15) is 27.3 Å². The van der Waals surface area contributed by atoms with Crippen molar-refractivity contribution in [1.29, 1.82) is 0 Å². The number of hydrogen-bond donors (Lipinski definition) is 2. The van der Waals surface area contributed by atoms with Crippen molar-refractivity contribution in [3.63, 3.8) is 0 Å². The van der Waals surface area contributed by atoms with Gasteiger partial charge in [-0.3, -0.25) is 14.6 Å². The number of aryl methyl sites for hydroxylation is 1. The van der Waals surface area contributed by atoms with E-state index >= 15 is 0 Å². The molecule has 1 aliphatic heterocycles. The Hall–Kier alpha value is -5.45. The number of ether oxygens (including phenoxy) is 1. The van der Waals surface area contributed by atoms with Crippen LogP contribution < -0.4 is 15.4 Å². The van der Waals surface area contributed by atoms with E-state index in [4.69, 9.17) is 4.74 Å². The van der Waals surface area contributed by atoms with Crippen molar-refractivity contribution >= 4 is 28.9 Å². The van der Waals surface area contributed by atoms with E-state index in [9.17, 15) is 14.0 Å². The van der Waals surface area contributed by atoms with Crippen LogP contribution >= 0.6 is 0 Å². The van der Waals surface area contributed by atoms with Crippen LogP contribution in [-0.2, 0) is 4.79 Å². The average Bonchev–Trinajstić information content (AvgIpc) is 3.29. The monoisotopic (exact) mass is 535 g/mol. The molecule has 1 aliphatic rings. The number of rotatable bonds is 5. The van der Waals surface area contributed by atoms with Crippen molar-refractivity contribution in [2.75, 3.05) is 12.4 Å². The van der Waals surface area contributed by atoms with Crippen LogP contribution in [0.5, 0.6) is 5.88 Å². The molecule has 2 amide bonds. The Labute approximate surface area is 227 Å². The molecule has 0 fully saturated rings. The maximum absolute atomic E-state index is 14.8. The number of pyridine rings is 1. The number of methoxy groups -OCH3 is 1. The van der Waals surface area contributed by atoms with Gasteiger partial charge >= 0.3 is 0 Å². The summed E-state index contributed by atoms with van der Waals surface area (Å²) in [4.78, 5) is 40.7. The number of nitrogens with zero attached hydrogens (tertiary/aromatic N) is 5. The lowest BCUT2D eigenvalue weighted by Crippen LogP contribution is -2.43. The number of nitrogens with one attached hydrogen (secondary N) is 2. The minimum atomic E-state index is -1.39. The number of amides is 2. The predicted octanol–water partition coefficient (Wildman–Crippen LogP) is 3.79. The number of hydrogen-bond acceptors (Lipinski definition) is 7. The highest BCUT2D eigenvalue weighted by Crippen LogP contribution is 2.28. The van der Waals surface area contributed by atoms with Gasteiger partial charge < -0.3 is 15.4 Å². The van der Waals surface area contributed by atoms with E-state index in [0.717, 1.165) is 5.69 Å². The molecule has 2 aromatic carbocycles. The summed E-state index contributed by atoms with van der Waals surface area (Å²) in [6.45, 7) is 1.85. The summed E-state index contributed by atoms with van der Waals surface area (Å²) >= 11 is 0. The zero-order valence-corrected chi connectivity index (χ0v) is 21.4. The van der Waals surface area contributed by atoms with Gasteiger partial charge in [0.1, 0.15) is 11.5 Å². The second kappa shape index (κ2) is 10.0. The zero-order valence-electron chi connectivity index (χ0n) is 21.4. The summed E-state index contributed by atoms with van der Waals surface area (Å²) in [7, 11) is 1.46. The first-order chi connectivity index (χ1) is 19.4. The fourth-order valence-corrected chi connectivity index (χ4v) is 4.45. The molecule has 2 N–H and O–H groups in total. The lowest BCUT2D eigenvalue weighted by molar-refractivity contribution is -0.117. The Kier molecular flexibility index (Phi) is 6.23. The normalized spacial score (nSPS) is 14.6. The van der Waals surface area contributed by atoms with E-state index in [1.807, 2.05) is 25.1 Å². The van der Waals surface area contributed by atoms with Crippen LogP contribution in [-0.4, -0.2) is 50.4 Å². The smallest absolute Gasteiger partial charge is 0.274 e. The molecule has 0 unspecified atom stereocenters. The van der Waals surface area contributed by atoms with Crippen LogP contribution in [0.2, 0.25) is 0 Å². The standard InChI is InChI=1S/C29H22FN7O3/c1-16-11-12-18(15-31-16)24-26(37-21(32-24)13-14-22(36-37)40-2)28(38)35-27-29(39)34-25-19(9-6-10-20(25)30)23(33-27)17-7-4-3-5-8-17/h3-15,27H,1-2H3,(H,34,39)(H,35,38)/t27-/m1/s1. The van der Waals surface area contributed by atoms with Crippen LogP contribution in [0.15, 0.2) is 84.0 Å². The van der Waals surface area contributed by atoms with E-state index in [1.54, 1.807) is 48.7 Å². The van der Waals surface area contributed by atoms with Gasteiger partial charge in [-0.1, -0.05) is 42.5 Å². The number of fused-ring (bicyclic) bond motifs is 2. The molecule has 198 valence electrons. The number of anilines is 1. The lowest BCUT2D eigenvalue weighted by Gasteiger charge is -2.14. The Morgan fingerprint density at radius 1 is 1.02 bits per heavy atom. The molecule has 10 nitrogen and oxygen atoms in total. The Bertz CT molecular complexity index is 1800. The van der Waals surface area contributed by atoms with E-state index in [0.29, 0.717) is 33.7 Å². The molecule has 40 heavy (non-hydrogen) atoms. The van der Waals surface area contributed by atoms with Crippen LogP contribution in [0.3, 0.4) is 0 Å². The maximum Gasteiger partial charge on any atom is 0.274 e. The molecule has 3 aromatic heterocycles. The number of halogens is 1. The summed E-state index contributed by atoms with van der Waals surface area (Å²) < 4.78 is 21.4. The Morgan fingerprint density at radius 2 is 1.85 bits per heavy atom. The first kappa shape index (κ1) is 24.9. The van der Waals surface area contributed by atoms with E-state index < -0.39 is 23.8 Å². The molecule has 0 spiro atoms. The van der Waals surface area contributed by atoms with Crippen molar-refractivity contribution in [3.8, 4) is 17.1 Å². The van der Waals surface area contributed by atoms with Crippen molar-refractivity contribution < 1.29 is 18.7 Å². The highest BCUT2D eigenvalue weighted by molar-refractivity contribution is 6.20. The summed E-state index contributed by atoms with van der Waals surface area (Å²) in [5.41, 5.74) is 3.49. The quantitative estimate of drug-likeness (QED) is 0.353. The minimum absolute atomic E-state index is 0.0144. The van der Waals surface area contributed by atoms with Crippen LogP contribution in [0, 0.1) is 12.7 Å². The number of aromatic nitrogens is 4. The number of benzene rings is 2. The first-order valence-corrected chi connectivity index (χ1v) is 12.3. The Balaban J connectivity index is 1.46. The number of benzodiazepines with no additional fused rings is 1. The summed E-state index contributed by atoms with van der Waals surface area (Å²) in [5, 5.41) is 9.66. The van der Waals surface area contributed by atoms with Gasteiger partial charge in [-0.2, -0.15) is 0 Å². The van der Waals surface area contributed by atoms with Gasteiger partial charge in [-0.15, -0.1) is 5.10 Å². The minimum Gasteiger partial charge on any atom is -0.480 e. The van der Waals surface area contributed by atoms with Crippen molar-refractivity contribution in [2.24, 2.45) is 4.99 Å². The fourth-order valence-electron chi connectivity index (χ4n) is 4.45. The first-order valence-electron chi connectivity index (χ1n) is 12.3. The lowest BCUT2D eigenvalue weighted by atomic mass is 10.0. The third kappa shape index (κ3) is 4.43. The number of carbonyl (C=O) groups excluding carboxylic acids is 2. The van der Waals surface area contributed by atoms with Gasteiger partial charge in [0.15, 0.2) is 11.3 Å². The summed E-state index contributed by atoms with van der Waals surface area (Å²) in [5.74, 6) is -1.74. The topological polar surface area (TPSA) is 123 Å². The van der Waals surface area contributed by atoms with E-state index in [2.05, 4.69) is 30.7 Å². The van der Waals surface area contributed by atoms with Gasteiger partial charge in [0.2, 0.25) is 12.0 Å². The largest absolute Gasteiger partial charge is 0.480 e. The molecular formula is C29H22FN7O3. The molecule has 5 aromatic rings. The van der Waals surface area contributed by atoms with Crippen molar-refractivity contribution in [2.45, 2.75) is 13.1 Å². The number of imidazole rings is 1. The number of aliphatic imine (C=N–C) groups is 1. The van der Waals surface area contributed by atoms with Crippen LogP contribution in [0.25, 0.3) is 16.9 Å². The molecule has 0 saturated carbocycles. The highest BCUT2D eigenvalue weighted by Gasteiger charge is 2.31. The van der Waals surface area contributed by atoms with Gasteiger partial charge in [0, 0.05) is 34.6 Å². The molecular weight excluding hydrogens is 513 g/mol. The third-order valence-electron chi connectivity index (χ3n) is 6.40. The molecule has 4 heterocycles. The summed E-state index contributed by atoms with van der Waals surface area (Å²) in [6.07, 6.45) is 0.212. The maximum atomic E-state index is 14.8. The van der Waals surface area contributed by atoms with Gasteiger partial charge in [-0.25, -0.2) is 18.9 Å². The molecule has 6 rings (SSSR count). The van der Waals surface area contributed by atoms with Gasteiger partial charge in [0.25, 0.3) is 11.8 Å². The molecule has 0 aliphatic carbocycles. The van der Waals surface area contributed by atoms with Crippen LogP contribution in [0.4, 0.5) is 10.1 Å². The summed E-state index contributed by atoms with van der Waals surface area (Å²) in [6, 6.07) is 20.4.